The Morgan fingerprint density at radius 3 is 2.71 bits per heavy atom. The maximum Gasteiger partial charge on any atom is 0.0590 e. The average Bonchev–Trinajstić information content (AvgIpc) is 2.67. The van der Waals surface area contributed by atoms with E-state index >= 15 is 0 Å². The molecule has 3 heteroatoms. The number of carbonyl (C=O) groups is 1. The van der Waals surface area contributed by atoms with Gasteiger partial charge in [-0.1, -0.05) is 30.3 Å². The van der Waals surface area contributed by atoms with Crippen molar-refractivity contribution in [2.24, 2.45) is 0 Å². The Balaban J connectivity index is 2.22. The third-order valence-corrected chi connectivity index (χ3v) is 2.70. The maximum atomic E-state index is 10.8. The van der Waals surface area contributed by atoms with Crippen LogP contribution in [0.2, 0.25) is 0 Å². The van der Waals surface area contributed by atoms with Crippen molar-refractivity contribution in [2.45, 2.75) is 18.4 Å². The van der Waals surface area contributed by atoms with Gasteiger partial charge in [0.25, 0.3) is 0 Å². The summed E-state index contributed by atoms with van der Waals surface area (Å²) in [4.78, 5) is 10.8. The van der Waals surface area contributed by atoms with Gasteiger partial charge < -0.3 is 15.2 Å². The predicted molar refractivity (Wildman–Crippen MR) is 50.6 cm³/mol. The molecule has 1 aromatic rings. The SMILES string of the molecule is O=C([O-])C1NCCC1c1ccccc1. The summed E-state index contributed by atoms with van der Waals surface area (Å²) in [7, 11) is 0. The number of rotatable bonds is 2. The van der Waals surface area contributed by atoms with Crippen LogP contribution in [0.5, 0.6) is 0 Å². The number of carbonyl (C=O) groups excluding carboxylic acids is 1. The molecule has 1 aliphatic rings. The molecule has 0 saturated carbocycles. The summed E-state index contributed by atoms with van der Waals surface area (Å²) in [5, 5.41) is 13.8. The summed E-state index contributed by atoms with van der Waals surface area (Å²) in [6, 6.07) is 9.19. The van der Waals surface area contributed by atoms with Gasteiger partial charge in [-0.15, -0.1) is 0 Å². The van der Waals surface area contributed by atoms with Gasteiger partial charge in [-0.2, -0.15) is 0 Å². The number of carboxylic acid groups (broad SMARTS) is 1. The number of nitrogens with one attached hydrogen (secondary N) is 1. The summed E-state index contributed by atoms with van der Waals surface area (Å²) >= 11 is 0. The maximum absolute atomic E-state index is 10.8. The molecule has 0 spiro atoms. The fourth-order valence-electron chi connectivity index (χ4n) is 2.01. The Kier molecular flexibility index (Phi) is 2.50. The highest BCUT2D eigenvalue weighted by Crippen LogP contribution is 2.26. The topological polar surface area (TPSA) is 52.2 Å². The van der Waals surface area contributed by atoms with E-state index in [2.05, 4.69) is 5.32 Å². The number of carboxylic acids is 1. The molecule has 1 aliphatic heterocycles. The zero-order chi connectivity index (χ0) is 9.97. The summed E-state index contributed by atoms with van der Waals surface area (Å²) in [6.45, 7) is 0.748. The van der Waals surface area contributed by atoms with Crippen LogP contribution >= 0.6 is 0 Å². The van der Waals surface area contributed by atoms with Crippen LogP contribution in [-0.2, 0) is 4.79 Å². The second kappa shape index (κ2) is 3.80. The lowest BCUT2D eigenvalue weighted by Crippen LogP contribution is -2.44. The minimum atomic E-state index is -1.00. The zero-order valence-electron chi connectivity index (χ0n) is 7.77. The summed E-state index contributed by atoms with van der Waals surface area (Å²) in [6.07, 6.45) is 0.864. The molecule has 1 fully saturated rings. The summed E-state index contributed by atoms with van der Waals surface area (Å²) < 4.78 is 0. The normalized spacial score (nSPS) is 26.3. The van der Waals surface area contributed by atoms with Crippen LogP contribution in [0, 0.1) is 0 Å². The predicted octanol–water partition coefficient (Wildman–Crippen LogP) is -0.118. The lowest BCUT2D eigenvalue weighted by atomic mass is 9.92. The third kappa shape index (κ3) is 1.63. The monoisotopic (exact) mass is 190 g/mol. The number of hydrogen-bond acceptors (Lipinski definition) is 3. The molecule has 3 nitrogen and oxygen atoms in total. The van der Waals surface area contributed by atoms with Crippen molar-refractivity contribution in [1.82, 2.24) is 5.32 Å². The van der Waals surface area contributed by atoms with Gasteiger partial charge in [0.1, 0.15) is 0 Å². The van der Waals surface area contributed by atoms with Crippen LogP contribution in [0.25, 0.3) is 0 Å². The van der Waals surface area contributed by atoms with E-state index in [4.69, 9.17) is 0 Å². The minimum absolute atomic E-state index is 0.0567. The van der Waals surface area contributed by atoms with Crippen molar-refractivity contribution >= 4 is 5.97 Å². The zero-order valence-corrected chi connectivity index (χ0v) is 7.77. The van der Waals surface area contributed by atoms with Gasteiger partial charge in [-0.05, 0) is 18.5 Å². The smallest absolute Gasteiger partial charge is 0.0590 e. The second-order valence-electron chi connectivity index (χ2n) is 3.56. The van der Waals surface area contributed by atoms with Gasteiger partial charge in [-0.25, -0.2) is 0 Å². The van der Waals surface area contributed by atoms with E-state index in [1.54, 1.807) is 0 Å². The Hall–Kier alpha value is -1.35. The summed E-state index contributed by atoms with van der Waals surface area (Å²) in [5.41, 5.74) is 1.08. The first kappa shape index (κ1) is 9.21. The first-order chi connectivity index (χ1) is 6.79. The molecule has 0 aliphatic carbocycles. The quantitative estimate of drug-likeness (QED) is 0.707. The molecule has 0 bridgehead atoms. The van der Waals surface area contributed by atoms with Crippen molar-refractivity contribution < 1.29 is 9.90 Å². The molecule has 1 saturated heterocycles. The van der Waals surface area contributed by atoms with Gasteiger partial charge in [0.15, 0.2) is 0 Å². The highest BCUT2D eigenvalue weighted by atomic mass is 16.4. The van der Waals surface area contributed by atoms with Gasteiger partial charge >= 0.3 is 0 Å². The van der Waals surface area contributed by atoms with E-state index in [9.17, 15) is 9.90 Å². The Morgan fingerprint density at radius 1 is 1.36 bits per heavy atom. The van der Waals surface area contributed by atoms with Crippen LogP contribution in [0.3, 0.4) is 0 Å². The first-order valence-electron chi connectivity index (χ1n) is 4.78. The average molecular weight is 190 g/mol. The molecule has 14 heavy (non-hydrogen) atoms. The summed E-state index contributed by atoms with van der Waals surface area (Å²) in [5.74, 6) is -0.947. The van der Waals surface area contributed by atoms with E-state index in [1.165, 1.54) is 0 Å². The number of benzene rings is 1. The van der Waals surface area contributed by atoms with Crippen LogP contribution in [0.1, 0.15) is 17.9 Å². The Bertz CT molecular complexity index is 323. The molecule has 74 valence electrons. The van der Waals surface area contributed by atoms with Gasteiger partial charge in [-0.3, -0.25) is 0 Å². The molecule has 1 N–H and O–H groups in total. The Morgan fingerprint density at radius 2 is 2.07 bits per heavy atom. The van der Waals surface area contributed by atoms with Crippen molar-refractivity contribution in [3.8, 4) is 0 Å². The second-order valence-corrected chi connectivity index (χ2v) is 3.56. The molecule has 0 aromatic heterocycles. The Labute approximate surface area is 82.8 Å². The lowest BCUT2D eigenvalue weighted by molar-refractivity contribution is -0.308. The fourth-order valence-corrected chi connectivity index (χ4v) is 2.01. The number of aliphatic carboxylic acids is 1. The lowest BCUT2D eigenvalue weighted by Gasteiger charge is -2.20. The standard InChI is InChI=1S/C11H13NO2/c13-11(14)10-9(6-7-12-10)8-4-2-1-3-5-8/h1-5,9-10,12H,6-7H2,(H,13,14)/p-1. The van der Waals surface area contributed by atoms with Crippen LogP contribution < -0.4 is 10.4 Å². The highest BCUT2D eigenvalue weighted by Gasteiger charge is 2.28. The van der Waals surface area contributed by atoms with Crippen LogP contribution in [-0.4, -0.2) is 18.6 Å². The van der Waals surface area contributed by atoms with E-state index in [-0.39, 0.29) is 5.92 Å². The van der Waals surface area contributed by atoms with Crippen molar-refractivity contribution in [2.75, 3.05) is 6.54 Å². The molecule has 2 unspecified atom stereocenters. The molecule has 0 amide bonds. The minimum Gasteiger partial charge on any atom is -0.548 e. The molecular weight excluding hydrogens is 178 g/mol. The van der Waals surface area contributed by atoms with E-state index in [1.807, 2.05) is 30.3 Å². The fraction of sp³-hybridized carbons (Fsp3) is 0.364. The number of hydrogen-bond donors (Lipinski definition) is 1. The molecule has 2 rings (SSSR count). The van der Waals surface area contributed by atoms with Crippen LogP contribution in [0.4, 0.5) is 0 Å². The molecule has 1 heterocycles. The first-order valence-corrected chi connectivity index (χ1v) is 4.78. The van der Waals surface area contributed by atoms with Gasteiger partial charge in [0, 0.05) is 5.92 Å². The van der Waals surface area contributed by atoms with Crippen molar-refractivity contribution in [3.63, 3.8) is 0 Å². The van der Waals surface area contributed by atoms with E-state index < -0.39 is 12.0 Å². The van der Waals surface area contributed by atoms with Crippen molar-refractivity contribution in [3.05, 3.63) is 35.9 Å². The van der Waals surface area contributed by atoms with Crippen LogP contribution in [0.15, 0.2) is 30.3 Å². The third-order valence-electron chi connectivity index (χ3n) is 2.70. The molecular formula is C11H12NO2-. The van der Waals surface area contributed by atoms with Gasteiger partial charge in [0.2, 0.25) is 0 Å². The molecule has 1 aromatic carbocycles. The van der Waals surface area contributed by atoms with E-state index in [0.717, 1.165) is 18.5 Å². The largest absolute Gasteiger partial charge is 0.548 e. The van der Waals surface area contributed by atoms with Gasteiger partial charge in [0.05, 0.1) is 12.0 Å². The van der Waals surface area contributed by atoms with E-state index in [0.29, 0.717) is 0 Å². The highest BCUT2D eigenvalue weighted by molar-refractivity contribution is 5.73. The van der Waals surface area contributed by atoms with Crippen molar-refractivity contribution in [1.29, 1.82) is 0 Å². The molecule has 2 atom stereocenters. The molecule has 0 radical (unpaired) electrons.